The van der Waals surface area contributed by atoms with E-state index in [2.05, 4.69) is 0 Å². The summed E-state index contributed by atoms with van der Waals surface area (Å²) < 4.78 is 5.27. The molecule has 1 aliphatic carbocycles. The number of hydrogen-bond donors (Lipinski definition) is 2. The molecule has 1 aromatic rings. The number of aryl methyl sites for hydroxylation is 1. The van der Waals surface area contributed by atoms with Crippen LogP contribution in [-0.4, -0.2) is 18.8 Å². The summed E-state index contributed by atoms with van der Waals surface area (Å²) in [7, 11) is 1.59. The number of rotatable bonds is 3. The first-order valence-electron chi connectivity index (χ1n) is 6.22. The number of methoxy groups -OCH3 is 1. The normalized spacial score (nSPS) is 18.3. The van der Waals surface area contributed by atoms with Crippen molar-refractivity contribution in [3.63, 3.8) is 0 Å². The van der Waals surface area contributed by atoms with Gasteiger partial charge in [0, 0.05) is 17.5 Å². The van der Waals surface area contributed by atoms with Gasteiger partial charge in [-0.15, -0.1) is 0 Å². The highest BCUT2D eigenvalue weighted by atomic mass is 16.5. The zero-order valence-electron chi connectivity index (χ0n) is 10.6. The third-order valence-corrected chi connectivity index (χ3v) is 4.06. The second-order valence-corrected chi connectivity index (χ2v) is 5.00. The van der Waals surface area contributed by atoms with Crippen molar-refractivity contribution >= 4 is 0 Å². The number of benzene rings is 1. The molecular formula is C14H21NO2. The van der Waals surface area contributed by atoms with Gasteiger partial charge in [-0.05, 0) is 25.3 Å². The summed E-state index contributed by atoms with van der Waals surface area (Å²) in [5.74, 6) is 0.863. The van der Waals surface area contributed by atoms with E-state index in [1.165, 1.54) is 12.8 Å². The molecule has 94 valence electrons. The topological polar surface area (TPSA) is 55.5 Å². The number of aromatic hydroxyl groups is 1. The summed E-state index contributed by atoms with van der Waals surface area (Å²) in [5, 5.41) is 10.3. The lowest BCUT2D eigenvalue weighted by atomic mass is 9.78. The molecule has 1 fully saturated rings. The van der Waals surface area contributed by atoms with E-state index in [9.17, 15) is 5.11 Å². The van der Waals surface area contributed by atoms with Gasteiger partial charge in [0.25, 0.3) is 0 Å². The van der Waals surface area contributed by atoms with Crippen molar-refractivity contribution in [3.8, 4) is 11.5 Å². The minimum atomic E-state index is -0.0505. The molecule has 0 radical (unpaired) electrons. The van der Waals surface area contributed by atoms with Crippen molar-refractivity contribution in [1.29, 1.82) is 0 Å². The van der Waals surface area contributed by atoms with Crippen LogP contribution in [-0.2, 0) is 5.41 Å². The molecule has 0 unspecified atom stereocenters. The van der Waals surface area contributed by atoms with Crippen molar-refractivity contribution in [2.45, 2.75) is 38.0 Å². The molecule has 3 N–H and O–H groups in total. The molecule has 17 heavy (non-hydrogen) atoms. The molecule has 2 rings (SSSR count). The fourth-order valence-corrected chi connectivity index (χ4v) is 2.99. The van der Waals surface area contributed by atoms with Crippen LogP contribution >= 0.6 is 0 Å². The maximum Gasteiger partial charge on any atom is 0.163 e. The van der Waals surface area contributed by atoms with Crippen LogP contribution in [0, 0.1) is 6.92 Å². The molecule has 3 nitrogen and oxygen atoms in total. The summed E-state index contributed by atoms with van der Waals surface area (Å²) in [4.78, 5) is 0. The van der Waals surface area contributed by atoms with Crippen LogP contribution in [0.2, 0.25) is 0 Å². The fourth-order valence-electron chi connectivity index (χ4n) is 2.99. The van der Waals surface area contributed by atoms with Gasteiger partial charge in [-0.3, -0.25) is 0 Å². The van der Waals surface area contributed by atoms with Gasteiger partial charge in [0.05, 0.1) is 7.11 Å². The Hall–Kier alpha value is -1.22. The zero-order chi connectivity index (χ0) is 12.5. The highest BCUT2D eigenvalue weighted by Crippen LogP contribution is 2.47. The van der Waals surface area contributed by atoms with Crippen LogP contribution < -0.4 is 10.5 Å². The lowest BCUT2D eigenvalue weighted by molar-refractivity contribution is 0.352. The predicted molar refractivity (Wildman–Crippen MR) is 68.6 cm³/mol. The predicted octanol–water partition coefficient (Wildman–Crippen LogP) is 2.48. The standard InChI is InChI=1S/C14H21NO2/c1-10-5-6-11(12(16)13(10)17-2)14(9-15)7-3-4-8-14/h5-6,16H,3-4,7-9,15H2,1-2H3. The number of ether oxygens (including phenoxy) is 1. The SMILES string of the molecule is COc1c(C)ccc(C2(CN)CCCC2)c1O. The van der Waals surface area contributed by atoms with Crippen LogP contribution in [0.15, 0.2) is 12.1 Å². The monoisotopic (exact) mass is 235 g/mol. The summed E-state index contributed by atoms with van der Waals surface area (Å²) in [6.07, 6.45) is 4.49. The Kier molecular flexibility index (Phi) is 3.29. The average molecular weight is 235 g/mol. The molecule has 1 saturated carbocycles. The van der Waals surface area contributed by atoms with E-state index < -0.39 is 0 Å². The molecule has 0 bridgehead atoms. The minimum absolute atomic E-state index is 0.0505. The Morgan fingerprint density at radius 3 is 2.53 bits per heavy atom. The molecule has 0 aromatic heterocycles. The smallest absolute Gasteiger partial charge is 0.163 e. The first-order chi connectivity index (χ1) is 8.14. The Morgan fingerprint density at radius 1 is 1.35 bits per heavy atom. The quantitative estimate of drug-likeness (QED) is 0.846. The van der Waals surface area contributed by atoms with Gasteiger partial charge in [0.2, 0.25) is 0 Å². The van der Waals surface area contributed by atoms with Gasteiger partial charge >= 0.3 is 0 Å². The van der Waals surface area contributed by atoms with Gasteiger partial charge in [0.15, 0.2) is 11.5 Å². The molecule has 1 aromatic carbocycles. The van der Waals surface area contributed by atoms with Gasteiger partial charge in [-0.2, -0.15) is 0 Å². The van der Waals surface area contributed by atoms with Crippen LogP contribution in [0.1, 0.15) is 36.8 Å². The second-order valence-electron chi connectivity index (χ2n) is 5.00. The van der Waals surface area contributed by atoms with Crippen molar-refractivity contribution < 1.29 is 9.84 Å². The van der Waals surface area contributed by atoms with Crippen LogP contribution in [0.3, 0.4) is 0 Å². The third-order valence-electron chi connectivity index (χ3n) is 4.06. The van der Waals surface area contributed by atoms with Crippen molar-refractivity contribution in [2.24, 2.45) is 5.73 Å². The van der Waals surface area contributed by atoms with E-state index >= 15 is 0 Å². The zero-order valence-corrected chi connectivity index (χ0v) is 10.6. The van der Waals surface area contributed by atoms with E-state index in [1.807, 2.05) is 19.1 Å². The van der Waals surface area contributed by atoms with E-state index in [4.69, 9.17) is 10.5 Å². The first kappa shape index (κ1) is 12.2. The van der Waals surface area contributed by atoms with Crippen LogP contribution in [0.5, 0.6) is 11.5 Å². The lowest BCUT2D eigenvalue weighted by Crippen LogP contribution is -2.32. The molecule has 0 heterocycles. The fraction of sp³-hybridized carbons (Fsp3) is 0.571. The lowest BCUT2D eigenvalue weighted by Gasteiger charge is -2.29. The van der Waals surface area contributed by atoms with E-state index in [0.29, 0.717) is 12.3 Å². The Balaban J connectivity index is 2.51. The maximum absolute atomic E-state index is 10.3. The Morgan fingerprint density at radius 2 is 2.00 bits per heavy atom. The van der Waals surface area contributed by atoms with Gasteiger partial charge in [-0.25, -0.2) is 0 Å². The van der Waals surface area contributed by atoms with Crippen molar-refractivity contribution in [2.75, 3.05) is 13.7 Å². The van der Waals surface area contributed by atoms with Crippen LogP contribution in [0.25, 0.3) is 0 Å². The Labute approximate surface area is 103 Å². The summed E-state index contributed by atoms with van der Waals surface area (Å²) >= 11 is 0. The number of phenolic OH excluding ortho intramolecular Hbond substituents is 1. The number of phenols is 1. The molecule has 0 amide bonds. The summed E-state index contributed by atoms with van der Waals surface area (Å²) in [5.41, 5.74) is 7.81. The molecule has 3 heteroatoms. The van der Waals surface area contributed by atoms with Gasteiger partial charge in [-0.1, -0.05) is 25.0 Å². The van der Waals surface area contributed by atoms with E-state index in [1.54, 1.807) is 7.11 Å². The van der Waals surface area contributed by atoms with Crippen molar-refractivity contribution in [3.05, 3.63) is 23.3 Å². The minimum Gasteiger partial charge on any atom is -0.504 e. The molecule has 0 spiro atoms. The van der Waals surface area contributed by atoms with Gasteiger partial charge < -0.3 is 15.6 Å². The number of nitrogens with two attached hydrogens (primary N) is 1. The molecule has 1 aliphatic rings. The van der Waals surface area contributed by atoms with Gasteiger partial charge in [0.1, 0.15) is 0 Å². The molecule has 0 saturated heterocycles. The van der Waals surface area contributed by atoms with Crippen molar-refractivity contribution in [1.82, 2.24) is 0 Å². The highest BCUT2D eigenvalue weighted by Gasteiger charge is 2.37. The maximum atomic E-state index is 10.3. The largest absolute Gasteiger partial charge is 0.504 e. The van der Waals surface area contributed by atoms with Crippen LogP contribution in [0.4, 0.5) is 0 Å². The summed E-state index contributed by atoms with van der Waals surface area (Å²) in [6.45, 7) is 2.53. The van der Waals surface area contributed by atoms with E-state index in [-0.39, 0.29) is 11.2 Å². The Bertz CT molecular complexity index is 409. The number of hydrogen-bond acceptors (Lipinski definition) is 3. The summed E-state index contributed by atoms with van der Waals surface area (Å²) in [6, 6.07) is 4.01. The molecular weight excluding hydrogens is 214 g/mol. The van der Waals surface area contributed by atoms with E-state index in [0.717, 1.165) is 24.0 Å². The molecule has 0 aliphatic heterocycles. The first-order valence-corrected chi connectivity index (χ1v) is 6.22. The second kappa shape index (κ2) is 4.57. The third kappa shape index (κ3) is 1.89. The highest BCUT2D eigenvalue weighted by molar-refractivity contribution is 5.53. The average Bonchev–Trinajstić information content (AvgIpc) is 2.79. The molecule has 0 atom stereocenters.